The minimum absolute atomic E-state index is 0.0610. The van der Waals surface area contributed by atoms with Gasteiger partial charge in [-0.2, -0.15) is 0 Å². The lowest BCUT2D eigenvalue weighted by Gasteiger charge is -2.29. The number of likely N-dealkylation sites (tertiary alicyclic amines) is 1. The molecule has 1 atom stereocenters. The number of nitrogens with zero attached hydrogens (tertiary/aromatic N) is 1. The van der Waals surface area contributed by atoms with Crippen LogP contribution in [0.3, 0.4) is 0 Å². The van der Waals surface area contributed by atoms with E-state index in [0.717, 1.165) is 31.5 Å². The van der Waals surface area contributed by atoms with Crippen LogP contribution >= 0.6 is 0 Å². The molecule has 16 heavy (non-hydrogen) atoms. The molecule has 0 aromatic heterocycles. The van der Waals surface area contributed by atoms with Crippen molar-refractivity contribution in [3.05, 3.63) is 35.9 Å². The number of hydrogen-bond acceptors (Lipinski definition) is 2. The van der Waals surface area contributed by atoms with Crippen molar-refractivity contribution < 1.29 is 4.79 Å². The fraction of sp³-hybridized carbons (Fsp3) is 0.462. The molecule has 0 aliphatic carbocycles. The number of carbonyl (C=O) groups excluding carboxylic acids is 1. The first-order valence-electron chi connectivity index (χ1n) is 5.88. The van der Waals surface area contributed by atoms with Gasteiger partial charge in [-0.15, -0.1) is 0 Å². The molecule has 0 unspecified atom stereocenters. The molecular formula is C13H18N2O. The number of nitrogens with two attached hydrogens (primary N) is 1. The Morgan fingerprint density at radius 1 is 1.12 bits per heavy atom. The Morgan fingerprint density at radius 3 is 2.38 bits per heavy atom. The smallest absolute Gasteiger partial charge is 0.244 e. The molecular weight excluding hydrogens is 200 g/mol. The zero-order chi connectivity index (χ0) is 11.4. The molecule has 2 rings (SSSR count). The standard InChI is InChI=1S/C13H18N2O/c14-12(11-7-3-1-4-8-11)13(16)15-9-5-2-6-10-15/h1,3-4,7-8,12H,2,5-6,9-10,14H2/t12-/m1/s1. The van der Waals surface area contributed by atoms with Gasteiger partial charge in [0.1, 0.15) is 6.04 Å². The van der Waals surface area contributed by atoms with Gasteiger partial charge in [0.05, 0.1) is 0 Å². The van der Waals surface area contributed by atoms with Crippen LogP contribution in [0.1, 0.15) is 30.9 Å². The van der Waals surface area contributed by atoms with Gasteiger partial charge in [0.15, 0.2) is 0 Å². The zero-order valence-corrected chi connectivity index (χ0v) is 9.43. The molecule has 1 fully saturated rings. The third-order valence-corrected chi connectivity index (χ3v) is 3.09. The highest BCUT2D eigenvalue weighted by Gasteiger charge is 2.23. The summed E-state index contributed by atoms with van der Waals surface area (Å²) < 4.78 is 0. The number of hydrogen-bond donors (Lipinski definition) is 1. The molecule has 1 aromatic rings. The largest absolute Gasteiger partial charge is 0.341 e. The van der Waals surface area contributed by atoms with E-state index in [4.69, 9.17) is 5.73 Å². The maximum absolute atomic E-state index is 12.1. The summed E-state index contributed by atoms with van der Waals surface area (Å²) in [4.78, 5) is 14.0. The van der Waals surface area contributed by atoms with Gasteiger partial charge in [0.2, 0.25) is 5.91 Å². The highest BCUT2D eigenvalue weighted by Crippen LogP contribution is 2.16. The Balaban J connectivity index is 2.04. The van der Waals surface area contributed by atoms with Gasteiger partial charge in [0, 0.05) is 13.1 Å². The van der Waals surface area contributed by atoms with E-state index in [1.54, 1.807) is 0 Å². The number of benzene rings is 1. The summed E-state index contributed by atoms with van der Waals surface area (Å²) >= 11 is 0. The van der Waals surface area contributed by atoms with E-state index in [1.807, 2.05) is 35.2 Å². The van der Waals surface area contributed by atoms with Gasteiger partial charge >= 0.3 is 0 Å². The summed E-state index contributed by atoms with van der Waals surface area (Å²) in [7, 11) is 0. The predicted octanol–water partition coefficient (Wildman–Crippen LogP) is 1.70. The fourth-order valence-electron chi connectivity index (χ4n) is 2.11. The molecule has 2 N–H and O–H groups in total. The molecule has 1 aliphatic heterocycles. The Hall–Kier alpha value is -1.35. The Kier molecular flexibility index (Phi) is 3.57. The summed E-state index contributed by atoms with van der Waals surface area (Å²) in [6.45, 7) is 1.72. The summed E-state index contributed by atoms with van der Waals surface area (Å²) in [5.41, 5.74) is 6.88. The summed E-state index contributed by atoms with van der Waals surface area (Å²) in [5.74, 6) is 0.0610. The SMILES string of the molecule is N[C@@H](C(=O)N1CCCCC1)c1ccccc1. The van der Waals surface area contributed by atoms with E-state index < -0.39 is 6.04 Å². The van der Waals surface area contributed by atoms with Gasteiger partial charge in [-0.3, -0.25) is 4.79 Å². The van der Waals surface area contributed by atoms with E-state index in [2.05, 4.69) is 0 Å². The van der Waals surface area contributed by atoms with Crippen molar-refractivity contribution in [1.82, 2.24) is 4.90 Å². The monoisotopic (exact) mass is 218 g/mol. The molecule has 3 heteroatoms. The highest BCUT2D eigenvalue weighted by molar-refractivity contribution is 5.83. The van der Waals surface area contributed by atoms with Gasteiger partial charge in [-0.05, 0) is 24.8 Å². The minimum Gasteiger partial charge on any atom is -0.341 e. The lowest BCUT2D eigenvalue weighted by Crippen LogP contribution is -2.41. The van der Waals surface area contributed by atoms with Gasteiger partial charge in [-0.25, -0.2) is 0 Å². The van der Waals surface area contributed by atoms with E-state index in [9.17, 15) is 4.79 Å². The molecule has 0 bridgehead atoms. The molecule has 1 saturated heterocycles. The molecule has 0 saturated carbocycles. The molecule has 1 aliphatic rings. The quantitative estimate of drug-likeness (QED) is 0.821. The van der Waals surface area contributed by atoms with Crippen LogP contribution in [-0.2, 0) is 4.79 Å². The van der Waals surface area contributed by atoms with E-state index >= 15 is 0 Å². The van der Waals surface area contributed by atoms with Crippen LogP contribution in [0.4, 0.5) is 0 Å². The number of rotatable bonds is 2. The number of amides is 1. The first-order chi connectivity index (χ1) is 7.79. The van der Waals surface area contributed by atoms with Crippen LogP contribution in [0.15, 0.2) is 30.3 Å². The number of piperidine rings is 1. The Bertz CT molecular complexity index is 344. The molecule has 1 aromatic carbocycles. The average Bonchev–Trinajstić information content (AvgIpc) is 2.39. The highest BCUT2D eigenvalue weighted by atomic mass is 16.2. The first kappa shape index (κ1) is 11.1. The van der Waals surface area contributed by atoms with Crippen LogP contribution in [0.2, 0.25) is 0 Å². The predicted molar refractivity (Wildman–Crippen MR) is 63.8 cm³/mol. The van der Waals surface area contributed by atoms with Gasteiger partial charge in [-0.1, -0.05) is 30.3 Å². The summed E-state index contributed by atoms with van der Waals surface area (Å²) in [6.07, 6.45) is 3.44. The second-order valence-corrected chi connectivity index (χ2v) is 4.27. The topological polar surface area (TPSA) is 46.3 Å². The third kappa shape index (κ3) is 2.42. The van der Waals surface area contributed by atoms with Crippen molar-refractivity contribution in [2.75, 3.05) is 13.1 Å². The first-order valence-corrected chi connectivity index (χ1v) is 5.88. The van der Waals surface area contributed by atoms with Crippen LogP contribution in [0.5, 0.6) is 0 Å². The summed E-state index contributed by atoms with van der Waals surface area (Å²) in [6, 6.07) is 9.08. The lowest BCUT2D eigenvalue weighted by atomic mass is 10.0. The van der Waals surface area contributed by atoms with Crippen LogP contribution in [-0.4, -0.2) is 23.9 Å². The maximum Gasteiger partial charge on any atom is 0.244 e. The van der Waals surface area contributed by atoms with Crippen molar-refractivity contribution in [2.45, 2.75) is 25.3 Å². The van der Waals surface area contributed by atoms with Crippen LogP contribution in [0.25, 0.3) is 0 Å². The minimum atomic E-state index is -0.501. The van der Waals surface area contributed by atoms with E-state index in [1.165, 1.54) is 6.42 Å². The molecule has 0 spiro atoms. The zero-order valence-electron chi connectivity index (χ0n) is 9.43. The average molecular weight is 218 g/mol. The number of carbonyl (C=O) groups is 1. The third-order valence-electron chi connectivity index (χ3n) is 3.09. The van der Waals surface area contributed by atoms with E-state index in [-0.39, 0.29) is 5.91 Å². The van der Waals surface area contributed by atoms with Crippen LogP contribution < -0.4 is 5.73 Å². The lowest BCUT2D eigenvalue weighted by molar-refractivity contribution is -0.133. The van der Waals surface area contributed by atoms with Gasteiger partial charge in [0.25, 0.3) is 0 Å². The van der Waals surface area contributed by atoms with Crippen LogP contribution in [0, 0.1) is 0 Å². The van der Waals surface area contributed by atoms with Gasteiger partial charge < -0.3 is 10.6 Å². The molecule has 3 nitrogen and oxygen atoms in total. The van der Waals surface area contributed by atoms with Crippen molar-refractivity contribution in [1.29, 1.82) is 0 Å². The van der Waals surface area contributed by atoms with Crippen molar-refractivity contribution in [2.24, 2.45) is 5.73 Å². The van der Waals surface area contributed by atoms with Crippen molar-refractivity contribution in [3.8, 4) is 0 Å². The molecule has 0 radical (unpaired) electrons. The molecule has 1 heterocycles. The fourth-order valence-corrected chi connectivity index (χ4v) is 2.11. The Morgan fingerprint density at radius 2 is 1.75 bits per heavy atom. The van der Waals surface area contributed by atoms with Crippen molar-refractivity contribution in [3.63, 3.8) is 0 Å². The van der Waals surface area contributed by atoms with E-state index in [0.29, 0.717) is 0 Å². The Labute approximate surface area is 96.2 Å². The molecule has 86 valence electrons. The summed E-state index contributed by atoms with van der Waals surface area (Å²) in [5, 5.41) is 0. The normalized spacial score (nSPS) is 18.2. The second kappa shape index (κ2) is 5.12. The maximum atomic E-state index is 12.1. The van der Waals surface area contributed by atoms with Crippen molar-refractivity contribution >= 4 is 5.91 Å². The second-order valence-electron chi connectivity index (χ2n) is 4.27. The molecule has 1 amide bonds.